The Hall–Kier alpha value is -5.25. The highest BCUT2D eigenvalue weighted by Crippen LogP contribution is 2.37. The van der Waals surface area contributed by atoms with E-state index < -0.39 is 29.6 Å². The number of aromatic nitrogens is 2. The van der Waals surface area contributed by atoms with Crippen LogP contribution in [0.4, 0.5) is 11.4 Å². The number of carbonyl (C=O) groups excluding carboxylic acids is 1. The van der Waals surface area contributed by atoms with Crippen LogP contribution in [-0.4, -0.2) is 39.3 Å². The van der Waals surface area contributed by atoms with Crippen molar-refractivity contribution >= 4 is 63.7 Å². The number of rotatable bonds is 17. The fraction of sp³-hybridized carbons (Fsp3) is 0.372. The lowest BCUT2D eigenvalue weighted by Crippen LogP contribution is -2.32. The molecule has 4 aromatic rings. The standard InChI is InChI=1S/C43H48N4O6S2/c1-4-7-8-9-10-11-12-15-25-46-34-19-14-13-18-31(34)22-23-32-27-30(21-24-35(32)46)17-16-20-36-39(50)45(6-3)42(54-36)38-40(51)47(29-37(48)49)41(55-38)33(28-44)43(52)53-26-5-2/h5,13-14,16-21,24,27H,2,4,6-12,15,22-23,25-26,29H2,1,3H3,(H,48,49)/b17-16+,36-20+,41-33+,42-38+. The van der Waals surface area contributed by atoms with E-state index in [0.717, 1.165) is 58.6 Å². The molecule has 0 radical (unpaired) electrons. The molecule has 0 saturated carbocycles. The van der Waals surface area contributed by atoms with Gasteiger partial charge >= 0.3 is 11.9 Å². The van der Waals surface area contributed by atoms with Crippen molar-refractivity contribution in [3.8, 4) is 6.07 Å². The number of aliphatic carboxylic acids is 1. The zero-order chi connectivity index (χ0) is 39.3. The van der Waals surface area contributed by atoms with Gasteiger partial charge in [0.25, 0.3) is 11.1 Å². The predicted molar refractivity (Wildman–Crippen MR) is 221 cm³/mol. The summed E-state index contributed by atoms with van der Waals surface area (Å²) in [4.78, 5) is 54.0. The number of thiazole rings is 2. The number of aryl methyl sites for hydroxylation is 2. The number of nitrogens with zero attached hydrogens (tertiary/aromatic N) is 4. The fourth-order valence-corrected chi connectivity index (χ4v) is 9.22. The molecule has 0 bridgehead atoms. The molecule has 0 spiro atoms. The number of para-hydroxylation sites is 1. The number of benzene rings is 2. The normalized spacial score (nSPS) is 13.9. The molecule has 0 amide bonds. The fourth-order valence-electron chi connectivity index (χ4n) is 6.84. The van der Waals surface area contributed by atoms with Gasteiger partial charge in [-0.15, -0.1) is 22.7 Å². The zero-order valence-corrected chi connectivity index (χ0v) is 33.2. The Labute approximate surface area is 328 Å². The highest BCUT2D eigenvalue weighted by molar-refractivity contribution is 7.11. The molecule has 1 aliphatic rings. The molecule has 0 unspecified atom stereocenters. The van der Waals surface area contributed by atoms with Crippen molar-refractivity contribution in [3.05, 3.63) is 117 Å². The molecule has 0 saturated heterocycles. The van der Waals surface area contributed by atoms with Crippen LogP contribution >= 0.6 is 22.7 Å². The second kappa shape index (κ2) is 19.9. The maximum absolute atomic E-state index is 13.6. The number of carboxylic acids is 1. The summed E-state index contributed by atoms with van der Waals surface area (Å²) in [5, 5.41) is 19.3. The van der Waals surface area contributed by atoms with Crippen LogP contribution in [0.15, 0.2) is 70.8 Å². The van der Waals surface area contributed by atoms with Gasteiger partial charge in [0.1, 0.15) is 33.1 Å². The number of hydrogen-bond donors (Lipinski definition) is 1. The number of anilines is 2. The lowest BCUT2D eigenvalue weighted by molar-refractivity contribution is -0.138. The third-order valence-corrected chi connectivity index (χ3v) is 12.0. The number of hydrogen-bond acceptors (Lipinski definition) is 9. The van der Waals surface area contributed by atoms with Gasteiger partial charge in [0.05, 0.1) is 4.53 Å². The molecular weight excluding hydrogens is 733 g/mol. The minimum Gasteiger partial charge on any atom is -0.480 e. The Balaban J connectivity index is 1.48. The second-order valence-electron chi connectivity index (χ2n) is 13.4. The monoisotopic (exact) mass is 780 g/mol. The number of fused-ring (bicyclic) bond motifs is 2. The van der Waals surface area contributed by atoms with Crippen LogP contribution in [0.1, 0.15) is 81.9 Å². The van der Waals surface area contributed by atoms with E-state index in [9.17, 15) is 29.5 Å². The first kappa shape index (κ1) is 40.9. The van der Waals surface area contributed by atoms with Crippen LogP contribution in [0, 0.1) is 20.5 Å². The van der Waals surface area contributed by atoms with Gasteiger partial charge < -0.3 is 14.7 Å². The SMILES string of the molecule is C=CCOC(=O)/C(C#N)=c1/s/c(=c2/s/c(=C/C=C/c3ccc4c(c3)CCc3ccccc3N4CCCCCCCCCC)c(=O)n2CC)c(=O)n1CC(=O)O. The predicted octanol–water partition coefficient (Wildman–Crippen LogP) is 6.80. The third kappa shape index (κ3) is 9.90. The quantitative estimate of drug-likeness (QED) is 0.0703. The summed E-state index contributed by atoms with van der Waals surface area (Å²) in [6.07, 6.45) is 18.9. The van der Waals surface area contributed by atoms with E-state index in [1.54, 1.807) is 19.1 Å². The Kier molecular flexibility index (Phi) is 14.8. The summed E-state index contributed by atoms with van der Waals surface area (Å²) in [5.74, 6) is -2.34. The molecule has 0 atom stereocenters. The number of carboxylic acid groups (broad SMARTS) is 1. The summed E-state index contributed by atoms with van der Waals surface area (Å²) in [6, 6.07) is 17.0. The van der Waals surface area contributed by atoms with Gasteiger partial charge in [0.2, 0.25) is 0 Å². The first-order valence-corrected chi connectivity index (χ1v) is 20.6. The number of allylic oxidation sites excluding steroid dienone is 1. The highest BCUT2D eigenvalue weighted by Gasteiger charge is 2.21. The van der Waals surface area contributed by atoms with Gasteiger partial charge in [-0.05, 0) is 67.2 Å². The molecule has 10 nitrogen and oxygen atoms in total. The van der Waals surface area contributed by atoms with Crippen molar-refractivity contribution < 1.29 is 19.4 Å². The minimum atomic E-state index is -1.33. The Morgan fingerprint density at radius 2 is 1.64 bits per heavy atom. The van der Waals surface area contributed by atoms with E-state index in [-0.39, 0.29) is 27.9 Å². The van der Waals surface area contributed by atoms with Crippen molar-refractivity contribution in [2.75, 3.05) is 18.1 Å². The molecule has 288 valence electrons. The van der Waals surface area contributed by atoms with Crippen LogP contribution in [0.25, 0.3) is 17.7 Å². The Morgan fingerprint density at radius 3 is 2.35 bits per heavy atom. The summed E-state index contributed by atoms with van der Waals surface area (Å²) in [6.45, 7) is 7.77. The van der Waals surface area contributed by atoms with E-state index in [2.05, 4.69) is 60.9 Å². The van der Waals surface area contributed by atoms with Gasteiger partial charge in [0.15, 0.2) is 5.57 Å². The third-order valence-electron chi connectivity index (χ3n) is 9.57. The van der Waals surface area contributed by atoms with Gasteiger partial charge in [-0.1, -0.05) is 101 Å². The number of unbranched alkanes of at least 4 members (excludes halogenated alkanes) is 7. The van der Waals surface area contributed by atoms with Crippen molar-refractivity contribution in [1.29, 1.82) is 5.26 Å². The average molecular weight is 781 g/mol. The van der Waals surface area contributed by atoms with Crippen LogP contribution in [-0.2, 0) is 40.3 Å². The summed E-state index contributed by atoms with van der Waals surface area (Å²) in [7, 11) is 0. The van der Waals surface area contributed by atoms with Gasteiger partial charge in [-0.25, -0.2) is 4.79 Å². The molecule has 2 aromatic carbocycles. The highest BCUT2D eigenvalue weighted by atomic mass is 32.1. The summed E-state index contributed by atoms with van der Waals surface area (Å²) < 4.78 is 7.90. The van der Waals surface area contributed by atoms with E-state index >= 15 is 0 Å². The maximum Gasteiger partial charge on any atom is 0.352 e. The number of carbonyl (C=O) groups is 2. The molecule has 55 heavy (non-hydrogen) atoms. The summed E-state index contributed by atoms with van der Waals surface area (Å²) >= 11 is 1.88. The molecule has 0 aliphatic carbocycles. The molecule has 1 N–H and O–H groups in total. The van der Waals surface area contributed by atoms with Crippen molar-refractivity contribution in [1.82, 2.24) is 9.13 Å². The number of esters is 1. The first-order valence-electron chi connectivity index (χ1n) is 19.0. The molecule has 3 heterocycles. The number of ether oxygens (including phenoxy) is 1. The van der Waals surface area contributed by atoms with Crippen molar-refractivity contribution in [2.24, 2.45) is 0 Å². The van der Waals surface area contributed by atoms with Gasteiger partial charge in [-0.3, -0.25) is 23.5 Å². The maximum atomic E-state index is 13.6. The minimum absolute atomic E-state index is 0.0522. The Morgan fingerprint density at radius 1 is 0.927 bits per heavy atom. The largest absolute Gasteiger partial charge is 0.480 e. The molecule has 12 heteroatoms. The molecule has 0 fully saturated rings. The van der Waals surface area contributed by atoms with Crippen LogP contribution in [0.3, 0.4) is 0 Å². The molecule has 1 aliphatic heterocycles. The molecule has 2 aromatic heterocycles. The number of nitriles is 1. The average Bonchev–Trinajstić information content (AvgIpc) is 3.60. The second-order valence-corrected chi connectivity index (χ2v) is 15.4. The lowest BCUT2D eigenvalue weighted by Gasteiger charge is -2.27. The lowest BCUT2D eigenvalue weighted by atomic mass is 10.0. The van der Waals surface area contributed by atoms with E-state index in [4.69, 9.17) is 4.74 Å². The van der Waals surface area contributed by atoms with E-state index in [1.165, 1.54) is 78.1 Å². The Bertz CT molecular complexity index is 2450. The van der Waals surface area contributed by atoms with Gasteiger partial charge in [-0.2, -0.15) is 5.26 Å². The van der Waals surface area contributed by atoms with Crippen molar-refractivity contribution in [2.45, 2.75) is 91.1 Å². The summed E-state index contributed by atoms with van der Waals surface area (Å²) in [5.41, 5.74) is 4.61. The van der Waals surface area contributed by atoms with Crippen molar-refractivity contribution in [3.63, 3.8) is 0 Å². The van der Waals surface area contributed by atoms with Crippen LogP contribution < -0.4 is 25.2 Å². The van der Waals surface area contributed by atoms with E-state index in [0.29, 0.717) is 9.20 Å². The van der Waals surface area contributed by atoms with Crippen LogP contribution in [0.5, 0.6) is 0 Å². The molecular formula is C43H48N4O6S2. The topological polar surface area (TPSA) is 135 Å². The van der Waals surface area contributed by atoms with Crippen LogP contribution in [0.2, 0.25) is 0 Å². The molecule has 5 rings (SSSR count). The smallest absolute Gasteiger partial charge is 0.352 e. The first-order chi connectivity index (χ1) is 26.7. The van der Waals surface area contributed by atoms with Gasteiger partial charge in [0, 0.05) is 24.5 Å². The van der Waals surface area contributed by atoms with E-state index in [1.807, 2.05) is 12.2 Å². The zero-order valence-electron chi connectivity index (χ0n) is 31.6.